The maximum Gasteiger partial charge on any atom is 0.257 e. The summed E-state index contributed by atoms with van der Waals surface area (Å²) in [5.74, 6) is -0.392. The van der Waals surface area contributed by atoms with Crippen LogP contribution in [0.15, 0.2) is 115 Å². The monoisotopic (exact) mass is 460 g/mol. The Morgan fingerprint density at radius 2 is 1.12 bits per heavy atom. The van der Waals surface area contributed by atoms with E-state index in [-0.39, 0.29) is 11.7 Å². The SMILES string of the molecule is O=C(Nc1nc(-c2ccccc2)c(C(=O)c2ccccc2)s1)c1ccc(-c2ccccc2)cc1. The van der Waals surface area contributed by atoms with Gasteiger partial charge in [-0.05, 0) is 23.3 Å². The highest BCUT2D eigenvalue weighted by Gasteiger charge is 2.22. The number of thiazole rings is 1. The summed E-state index contributed by atoms with van der Waals surface area (Å²) < 4.78 is 0. The Labute approximate surface area is 201 Å². The molecular formula is C29H20N2O2S. The number of aromatic nitrogens is 1. The fraction of sp³-hybridized carbons (Fsp3) is 0. The number of benzene rings is 4. The molecule has 5 heteroatoms. The predicted octanol–water partition coefficient (Wildman–Crippen LogP) is 6.96. The van der Waals surface area contributed by atoms with Gasteiger partial charge in [0.15, 0.2) is 5.13 Å². The van der Waals surface area contributed by atoms with E-state index < -0.39 is 0 Å². The molecule has 0 saturated carbocycles. The van der Waals surface area contributed by atoms with Crippen molar-refractivity contribution in [1.82, 2.24) is 4.98 Å². The Kier molecular flexibility index (Phi) is 6.10. The number of hydrogen-bond donors (Lipinski definition) is 1. The molecule has 164 valence electrons. The second kappa shape index (κ2) is 9.65. The lowest BCUT2D eigenvalue weighted by atomic mass is 10.0. The third kappa shape index (κ3) is 4.56. The minimum absolute atomic E-state index is 0.121. The number of carbonyl (C=O) groups is 2. The molecule has 1 heterocycles. The van der Waals surface area contributed by atoms with E-state index in [1.807, 2.05) is 91.0 Å². The molecule has 0 saturated heterocycles. The fourth-order valence-corrected chi connectivity index (χ4v) is 4.60. The number of ketones is 1. The summed E-state index contributed by atoms with van der Waals surface area (Å²) in [6, 6.07) is 36.0. The highest BCUT2D eigenvalue weighted by molar-refractivity contribution is 7.18. The van der Waals surface area contributed by atoms with Gasteiger partial charge >= 0.3 is 0 Å². The highest BCUT2D eigenvalue weighted by atomic mass is 32.1. The molecule has 5 rings (SSSR count). The largest absolute Gasteiger partial charge is 0.298 e. The van der Waals surface area contributed by atoms with Crippen LogP contribution in [0, 0.1) is 0 Å². The molecule has 34 heavy (non-hydrogen) atoms. The minimum Gasteiger partial charge on any atom is -0.298 e. The Balaban J connectivity index is 1.43. The second-order valence-electron chi connectivity index (χ2n) is 7.66. The van der Waals surface area contributed by atoms with Crippen LogP contribution < -0.4 is 5.32 Å². The van der Waals surface area contributed by atoms with Crippen molar-refractivity contribution in [3.05, 3.63) is 131 Å². The number of amides is 1. The number of hydrogen-bond acceptors (Lipinski definition) is 4. The van der Waals surface area contributed by atoms with Gasteiger partial charge in [-0.3, -0.25) is 14.9 Å². The minimum atomic E-state index is -0.272. The summed E-state index contributed by atoms with van der Waals surface area (Å²) in [7, 11) is 0. The Morgan fingerprint density at radius 3 is 1.74 bits per heavy atom. The van der Waals surface area contributed by atoms with Crippen molar-refractivity contribution in [2.45, 2.75) is 0 Å². The van der Waals surface area contributed by atoms with Crippen molar-refractivity contribution in [1.29, 1.82) is 0 Å². The topological polar surface area (TPSA) is 59.1 Å². The molecule has 1 aromatic heterocycles. The van der Waals surface area contributed by atoms with Gasteiger partial charge in [0.25, 0.3) is 5.91 Å². The van der Waals surface area contributed by atoms with Crippen LogP contribution >= 0.6 is 11.3 Å². The van der Waals surface area contributed by atoms with Crippen LogP contribution in [0.3, 0.4) is 0 Å². The first-order valence-electron chi connectivity index (χ1n) is 10.8. The van der Waals surface area contributed by atoms with Crippen molar-refractivity contribution in [3.8, 4) is 22.4 Å². The van der Waals surface area contributed by atoms with Gasteiger partial charge in [-0.1, -0.05) is 114 Å². The van der Waals surface area contributed by atoms with Gasteiger partial charge < -0.3 is 0 Å². The van der Waals surface area contributed by atoms with Gasteiger partial charge in [-0.2, -0.15) is 0 Å². The summed E-state index contributed by atoms with van der Waals surface area (Å²) in [6.45, 7) is 0. The number of anilines is 1. The van der Waals surface area contributed by atoms with Gasteiger partial charge in [0, 0.05) is 16.7 Å². The lowest BCUT2D eigenvalue weighted by molar-refractivity contribution is 0.102. The van der Waals surface area contributed by atoms with Crippen molar-refractivity contribution in [2.75, 3.05) is 5.32 Å². The molecule has 0 aliphatic heterocycles. The molecule has 0 spiro atoms. The van der Waals surface area contributed by atoms with E-state index >= 15 is 0 Å². The van der Waals surface area contributed by atoms with E-state index in [0.717, 1.165) is 16.7 Å². The molecule has 4 aromatic carbocycles. The quantitative estimate of drug-likeness (QED) is 0.279. The Morgan fingerprint density at radius 1 is 0.588 bits per heavy atom. The van der Waals surface area contributed by atoms with Gasteiger partial charge in [0.2, 0.25) is 5.78 Å². The number of nitrogens with one attached hydrogen (secondary N) is 1. The average Bonchev–Trinajstić information content (AvgIpc) is 3.33. The third-order valence-corrected chi connectivity index (χ3v) is 6.36. The van der Waals surface area contributed by atoms with Gasteiger partial charge in [-0.15, -0.1) is 0 Å². The van der Waals surface area contributed by atoms with E-state index in [2.05, 4.69) is 10.3 Å². The summed E-state index contributed by atoms with van der Waals surface area (Å²) in [5, 5.41) is 3.26. The summed E-state index contributed by atoms with van der Waals surface area (Å²) in [5.41, 5.74) is 4.61. The average molecular weight is 461 g/mol. The van der Waals surface area contributed by atoms with Crippen LogP contribution in [0.5, 0.6) is 0 Å². The van der Waals surface area contributed by atoms with E-state index in [1.54, 1.807) is 24.3 Å². The molecule has 0 aliphatic carbocycles. The van der Waals surface area contributed by atoms with Crippen molar-refractivity contribution in [2.24, 2.45) is 0 Å². The summed E-state index contributed by atoms with van der Waals surface area (Å²) in [6.07, 6.45) is 0. The van der Waals surface area contributed by atoms with Crippen LogP contribution in [0.4, 0.5) is 5.13 Å². The standard InChI is InChI=1S/C29H20N2O2S/c32-26(23-14-8-3-9-15-23)27-25(22-12-6-2-7-13-22)30-29(34-27)31-28(33)24-18-16-21(17-19-24)20-10-4-1-5-11-20/h1-19H,(H,30,31,33). The zero-order valence-electron chi connectivity index (χ0n) is 18.1. The van der Waals surface area contributed by atoms with Crippen LogP contribution in [0.25, 0.3) is 22.4 Å². The first-order chi connectivity index (χ1) is 16.7. The number of carbonyl (C=O) groups excluding carboxylic acids is 2. The van der Waals surface area contributed by atoms with Crippen LogP contribution in [0.1, 0.15) is 25.6 Å². The maximum absolute atomic E-state index is 13.2. The number of rotatable bonds is 6. The molecule has 0 fully saturated rings. The van der Waals surface area contributed by atoms with Gasteiger partial charge in [0.1, 0.15) is 4.88 Å². The zero-order chi connectivity index (χ0) is 23.3. The van der Waals surface area contributed by atoms with E-state index in [4.69, 9.17) is 0 Å². The second-order valence-corrected chi connectivity index (χ2v) is 8.65. The molecule has 0 aliphatic rings. The van der Waals surface area contributed by atoms with Crippen LogP contribution in [0.2, 0.25) is 0 Å². The first-order valence-corrected chi connectivity index (χ1v) is 11.6. The molecule has 1 N–H and O–H groups in total. The predicted molar refractivity (Wildman–Crippen MR) is 137 cm³/mol. The Hall–Kier alpha value is -4.35. The third-order valence-electron chi connectivity index (χ3n) is 5.39. The molecule has 0 bridgehead atoms. The lowest BCUT2D eigenvalue weighted by Crippen LogP contribution is -2.11. The maximum atomic E-state index is 13.2. The van der Waals surface area contributed by atoms with Gasteiger partial charge in [0.05, 0.1) is 5.69 Å². The zero-order valence-corrected chi connectivity index (χ0v) is 19.0. The molecule has 0 radical (unpaired) electrons. The van der Waals surface area contributed by atoms with Crippen LogP contribution in [-0.4, -0.2) is 16.7 Å². The number of nitrogens with zero attached hydrogens (tertiary/aromatic N) is 1. The molecular weight excluding hydrogens is 440 g/mol. The van der Waals surface area contributed by atoms with Crippen molar-refractivity contribution < 1.29 is 9.59 Å². The van der Waals surface area contributed by atoms with Gasteiger partial charge in [-0.25, -0.2) is 4.98 Å². The molecule has 0 atom stereocenters. The Bertz CT molecular complexity index is 1430. The normalized spacial score (nSPS) is 10.6. The van der Waals surface area contributed by atoms with Crippen molar-refractivity contribution >= 4 is 28.2 Å². The lowest BCUT2D eigenvalue weighted by Gasteiger charge is -2.04. The molecule has 4 nitrogen and oxygen atoms in total. The molecule has 1 amide bonds. The highest BCUT2D eigenvalue weighted by Crippen LogP contribution is 2.33. The smallest absolute Gasteiger partial charge is 0.257 e. The van der Waals surface area contributed by atoms with E-state index in [1.165, 1.54) is 11.3 Å². The summed E-state index contributed by atoms with van der Waals surface area (Å²) >= 11 is 1.19. The first kappa shape index (κ1) is 21.5. The fourth-order valence-electron chi connectivity index (χ4n) is 3.65. The molecule has 5 aromatic rings. The molecule has 0 unspecified atom stereocenters. The van der Waals surface area contributed by atoms with Crippen molar-refractivity contribution in [3.63, 3.8) is 0 Å². The summed E-state index contributed by atoms with van der Waals surface area (Å²) in [4.78, 5) is 31.3. The van der Waals surface area contributed by atoms with E-state index in [9.17, 15) is 9.59 Å². The van der Waals surface area contributed by atoms with E-state index in [0.29, 0.717) is 26.8 Å². The van der Waals surface area contributed by atoms with Crippen LogP contribution in [-0.2, 0) is 0 Å².